The van der Waals surface area contributed by atoms with E-state index in [4.69, 9.17) is 4.84 Å². The maximum Gasteiger partial charge on any atom is 0.365 e. The summed E-state index contributed by atoms with van der Waals surface area (Å²) in [6.45, 7) is 6.83. The normalized spacial score (nSPS) is 20.5. The monoisotopic (exact) mass is 509 g/mol. The molecule has 0 radical (unpaired) electrons. The van der Waals surface area contributed by atoms with Gasteiger partial charge < -0.3 is 9.74 Å². The van der Waals surface area contributed by atoms with E-state index in [1.807, 2.05) is 36.4 Å². The third-order valence-corrected chi connectivity index (χ3v) is 8.40. The third kappa shape index (κ3) is 5.16. The molecule has 1 aliphatic heterocycles. The lowest BCUT2D eigenvalue weighted by Gasteiger charge is -2.42. The summed E-state index contributed by atoms with van der Waals surface area (Å²) in [6, 6.07) is 24.4. The lowest BCUT2D eigenvalue weighted by atomic mass is 9.84. The van der Waals surface area contributed by atoms with Gasteiger partial charge in [0.05, 0.1) is 5.56 Å². The SMILES string of the molecule is CCC1CCC(N2CCN(c3ccc(-c4ccc(C(=O)On5nnc6ccccc65)cc4)cc3)CC2)CC1. The van der Waals surface area contributed by atoms with Crippen LogP contribution in [0.1, 0.15) is 49.4 Å². The molecule has 0 bridgehead atoms. The minimum atomic E-state index is -0.472. The van der Waals surface area contributed by atoms with Gasteiger partial charge in [-0.25, -0.2) is 4.79 Å². The number of carbonyl (C=O) groups excluding carboxylic acids is 1. The number of hydrogen-bond donors (Lipinski definition) is 0. The highest BCUT2D eigenvalue weighted by atomic mass is 16.7. The van der Waals surface area contributed by atoms with Crippen LogP contribution in [-0.2, 0) is 0 Å². The molecular formula is C31H35N5O2. The Hall–Kier alpha value is -3.71. The van der Waals surface area contributed by atoms with Gasteiger partial charge in [-0.3, -0.25) is 4.90 Å². The lowest BCUT2D eigenvalue weighted by Crippen LogP contribution is -2.51. The van der Waals surface area contributed by atoms with Crippen LogP contribution in [0, 0.1) is 5.92 Å². The number of aromatic nitrogens is 3. The number of rotatable bonds is 6. The second kappa shape index (κ2) is 11.0. The van der Waals surface area contributed by atoms with Crippen LogP contribution >= 0.6 is 0 Å². The lowest BCUT2D eigenvalue weighted by molar-refractivity contribution is 0.0409. The number of fused-ring (bicyclic) bond motifs is 1. The van der Waals surface area contributed by atoms with Gasteiger partial charge in [0.2, 0.25) is 0 Å². The molecule has 0 amide bonds. The summed E-state index contributed by atoms with van der Waals surface area (Å²) in [5, 5.41) is 7.94. The van der Waals surface area contributed by atoms with Gasteiger partial charge in [0.1, 0.15) is 11.0 Å². The topological polar surface area (TPSA) is 63.5 Å². The first-order valence-corrected chi connectivity index (χ1v) is 13.9. The molecule has 1 saturated carbocycles. The molecule has 7 nitrogen and oxygen atoms in total. The van der Waals surface area contributed by atoms with E-state index in [9.17, 15) is 4.79 Å². The number of benzene rings is 3. The minimum absolute atomic E-state index is 0.464. The highest BCUT2D eigenvalue weighted by Crippen LogP contribution is 2.31. The van der Waals surface area contributed by atoms with Crippen LogP contribution in [0.5, 0.6) is 0 Å². The van der Waals surface area contributed by atoms with E-state index in [1.54, 1.807) is 12.1 Å². The zero-order valence-corrected chi connectivity index (χ0v) is 22.0. The Morgan fingerprint density at radius 3 is 2.18 bits per heavy atom. The molecule has 0 unspecified atom stereocenters. The number of nitrogens with zero attached hydrogens (tertiary/aromatic N) is 5. The smallest absolute Gasteiger partial charge is 0.365 e. The van der Waals surface area contributed by atoms with Crippen molar-refractivity contribution >= 4 is 22.7 Å². The van der Waals surface area contributed by atoms with E-state index >= 15 is 0 Å². The first-order valence-electron chi connectivity index (χ1n) is 13.9. The van der Waals surface area contributed by atoms with Crippen molar-refractivity contribution in [2.75, 3.05) is 31.1 Å². The summed E-state index contributed by atoms with van der Waals surface area (Å²) in [5.41, 5.74) is 5.26. The van der Waals surface area contributed by atoms with E-state index in [1.165, 1.54) is 42.6 Å². The van der Waals surface area contributed by atoms with Crippen molar-refractivity contribution in [3.8, 4) is 11.1 Å². The predicted molar refractivity (Wildman–Crippen MR) is 150 cm³/mol. The van der Waals surface area contributed by atoms with Crippen molar-refractivity contribution in [1.82, 2.24) is 20.1 Å². The molecule has 3 aromatic carbocycles. The summed E-state index contributed by atoms with van der Waals surface area (Å²) in [7, 11) is 0. The molecule has 196 valence electrons. The number of para-hydroxylation sites is 1. The van der Waals surface area contributed by atoms with Crippen molar-refractivity contribution < 1.29 is 9.63 Å². The fraction of sp³-hybridized carbons (Fsp3) is 0.387. The average Bonchev–Trinajstić information content (AvgIpc) is 3.40. The van der Waals surface area contributed by atoms with E-state index in [0.717, 1.165) is 49.3 Å². The molecule has 0 N–H and O–H groups in total. The van der Waals surface area contributed by atoms with Gasteiger partial charge >= 0.3 is 5.97 Å². The van der Waals surface area contributed by atoms with Gasteiger partial charge in [-0.15, -0.1) is 5.10 Å². The summed E-state index contributed by atoms with van der Waals surface area (Å²) in [6.07, 6.45) is 6.91. The summed E-state index contributed by atoms with van der Waals surface area (Å²) >= 11 is 0. The Morgan fingerprint density at radius 1 is 0.842 bits per heavy atom. The van der Waals surface area contributed by atoms with Crippen molar-refractivity contribution in [3.63, 3.8) is 0 Å². The van der Waals surface area contributed by atoms with Crippen LogP contribution < -0.4 is 9.74 Å². The summed E-state index contributed by atoms with van der Waals surface area (Å²) in [4.78, 5) is 24.5. The van der Waals surface area contributed by atoms with E-state index in [2.05, 4.69) is 51.3 Å². The van der Waals surface area contributed by atoms with E-state index in [-0.39, 0.29) is 0 Å². The van der Waals surface area contributed by atoms with Gasteiger partial charge in [-0.2, -0.15) is 0 Å². The zero-order valence-electron chi connectivity index (χ0n) is 22.0. The predicted octanol–water partition coefficient (Wildman–Crippen LogP) is 5.46. The first kappa shape index (κ1) is 24.6. The molecule has 2 heterocycles. The Bertz CT molecular complexity index is 1370. The van der Waals surface area contributed by atoms with Crippen molar-refractivity contribution in [3.05, 3.63) is 78.4 Å². The molecule has 7 heteroatoms. The molecule has 4 aromatic rings. The van der Waals surface area contributed by atoms with Crippen LogP contribution in [-0.4, -0.2) is 58.2 Å². The van der Waals surface area contributed by atoms with Gasteiger partial charge in [0.15, 0.2) is 0 Å². The molecule has 2 fully saturated rings. The number of anilines is 1. The van der Waals surface area contributed by atoms with E-state index < -0.39 is 5.97 Å². The molecule has 0 atom stereocenters. The molecule has 1 aliphatic carbocycles. The molecule has 6 rings (SSSR count). The highest BCUT2D eigenvalue weighted by Gasteiger charge is 2.27. The highest BCUT2D eigenvalue weighted by molar-refractivity contribution is 5.90. The molecule has 1 saturated heterocycles. The Morgan fingerprint density at radius 2 is 1.50 bits per heavy atom. The van der Waals surface area contributed by atoms with Crippen LogP contribution in [0.4, 0.5) is 5.69 Å². The van der Waals surface area contributed by atoms with Crippen LogP contribution in [0.3, 0.4) is 0 Å². The standard InChI is InChI=1S/C31H35N5O2/c1-2-23-7-15-27(16-8-23)34-19-21-35(22-20-34)28-17-13-25(14-18-28)24-9-11-26(12-10-24)31(37)38-36-30-6-4-3-5-29(30)32-33-36/h3-6,9-14,17-18,23,27H,2,7-8,15-16,19-22H2,1H3. The molecular weight excluding hydrogens is 474 g/mol. The van der Waals surface area contributed by atoms with Crippen molar-refractivity contribution in [2.24, 2.45) is 5.92 Å². The van der Waals surface area contributed by atoms with Gasteiger partial charge in [0, 0.05) is 37.9 Å². The quantitative estimate of drug-likeness (QED) is 0.322. The van der Waals surface area contributed by atoms with Crippen LogP contribution in [0.25, 0.3) is 22.2 Å². The maximum atomic E-state index is 12.7. The fourth-order valence-electron chi connectivity index (χ4n) is 5.97. The second-order valence-electron chi connectivity index (χ2n) is 10.6. The number of piperazine rings is 1. The second-order valence-corrected chi connectivity index (χ2v) is 10.6. The molecule has 2 aliphatic rings. The Labute approximate surface area is 224 Å². The summed E-state index contributed by atoms with van der Waals surface area (Å²) < 4.78 is 0. The maximum absolute atomic E-state index is 12.7. The fourth-order valence-corrected chi connectivity index (χ4v) is 5.97. The molecule has 0 spiro atoms. The minimum Gasteiger partial charge on any atom is -0.369 e. The Kier molecular flexibility index (Phi) is 7.10. The molecule has 1 aromatic heterocycles. The summed E-state index contributed by atoms with van der Waals surface area (Å²) in [5.74, 6) is 0.483. The van der Waals surface area contributed by atoms with Crippen LogP contribution in [0.2, 0.25) is 0 Å². The van der Waals surface area contributed by atoms with Gasteiger partial charge in [-0.1, -0.05) is 54.6 Å². The van der Waals surface area contributed by atoms with Gasteiger partial charge in [0.25, 0.3) is 0 Å². The first-order chi connectivity index (χ1) is 18.7. The largest absolute Gasteiger partial charge is 0.369 e. The molecule has 38 heavy (non-hydrogen) atoms. The number of hydrogen-bond acceptors (Lipinski definition) is 6. The van der Waals surface area contributed by atoms with Crippen molar-refractivity contribution in [1.29, 1.82) is 0 Å². The van der Waals surface area contributed by atoms with Crippen LogP contribution in [0.15, 0.2) is 72.8 Å². The average molecular weight is 510 g/mol. The third-order valence-electron chi connectivity index (χ3n) is 8.40. The van der Waals surface area contributed by atoms with Crippen molar-refractivity contribution in [2.45, 2.75) is 45.1 Å². The van der Waals surface area contributed by atoms with Gasteiger partial charge in [-0.05, 0) is 84.3 Å². The zero-order chi connectivity index (χ0) is 25.9. The van der Waals surface area contributed by atoms with E-state index in [0.29, 0.717) is 16.6 Å². The Balaban J connectivity index is 1.04. The number of carbonyl (C=O) groups is 1.